The van der Waals surface area contributed by atoms with Gasteiger partial charge in [-0.15, -0.1) is 0 Å². The van der Waals surface area contributed by atoms with E-state index in [1.807, 2.05) is 6.92 Å². The SMILES string of the molecule is COc1cccc(N(CC(=O)Nc2ccc(S(=O)(=O)Nc3cccc(C(F)(F)F)c3)cc2)S(=O)(=O)c2ccc(C)cc2)c1. The van der Waals surface area contributed by atoms with E-state index in [9.17, 15) is 34.8 Å². The molecule has 43 heavy (non-hydrogen) atoms. The van der Waals surface area contributed by atoms with Crippen LogP contribution in [0.3, 0.4) is 0 Å². The van der Waals surface area contributed by atoms with Crippen molar-refractivity contribution in [1.29, 1.82) is 0 Å². The third-order valence-corrected chi connectivity index (χ3v) is 9.31. The van der Waals surface area contributed by atoms with Gasteiger partial charge in [-0.3, -0.25) is 13.8 Å². The summed E-state index contributed by atoms with van der Waals surface area (Å²) in [5.74, 6) is -0.353. The molecule has 0 spiro atoms. The van der Waals surface area contributed by atoms with Crippen LogP contribution >= 0.6 is 0 Å². The molecule has 0 aliphatic heterocycles. The van der Waals surface area contributed by atoms with Gasteiger partial charge in [-0.1, -0.05) is 29.8 Å². The zero-order valence-electron chi connectivity index (χ0n) is 22.8. The maximum Gasteiger partial charge on any atom is 0.416 e. The first-order valence-electron chi connectivity index (χ1n) is 12.5. The monoisotopic (exact) mass is 633 g/mol. The highest BCUT2D eigenvalue weighted by Gasteiger charge is 2.31. The largest absolute Gasteiger partial charge is 0.497 e. The second-order valence-electron chi connectivity index (χ2n) is 9.28. The second kappa shape index (κ2) is 12.4. The number of hydrogen-bond acceptors (Lipinski definition) is 6. The summed E-state index contributed by atoms with van der Waals surface area (Å²) >= 11 is 0. The molecule has 4 rings (SSSR count). The summed E-state index contributed by atoms with van der Waals surface area (Å²) in [5, 5.41) is 2.54. The molecule has 0 bridgehead atoms. The minimum absolute atomic E-state index is 0.0310. The molecule has 0 aromatic heterocycles. The first-order chi connectivity index (χ1) is 20.2. The summed E-state index contributed by atoms with van der Waals surface area (Å²) in [4.78, 5) is 12.7. The molecule has 0 unspecified atom stereocenters. The molecule has 14 heteroatoms. The van der Waals surface area contributed by atoms with Crippen molar-refractivity contribution in [3.8, 4) is 5.75 Å². The Kier molecular flexibility index (Phi) is 9.01. The predicted molar refractivity (Wildman–Crippen MR) is 156 cm³/mol. The van der Waals surface area contributed by atoms with Gasteiger partial charge < -0.3 is 10.1 Å². The Morgan fingerprint density at radius 3 is 2.07 bits per heavy atom. The summed E-state index contributed by atoms with van der Waals surface area (Å²) in [5.41, 5.74) is -0.114. The normalized spacial score (nSPS) is 11.9. The van der Waals surface area contributed by atoms with Gasteiger partial charge in [0.15, 0.2) is 0 Å². The van der Waals surface area contributed by atoms with E-state index in [4.69, 9.17) is 4.74 Å². The van der Waals surface area contributed by atoms with Crippen LogP contribution in [0.2, 0.25) is 0 Å². The molecule has 0 heterocycles. The molecule has 0 saturated carbocycles. The number of rotatable bonds is 10. The topological polar surface area (TPSA) is 122 Å². The lowest BCUT2D eigenvalue weighted by molar-refractivity contribution is -0.137. The van der Waals surface area contributed by atoms with Crippen molar-refractivity contribution >= 4 is 43.0 Å². The van der Waals surface area contributed by atoms with Crippen LogP contribution < -0.4 is 19.1 Å². The van der Waals surface area contributed by atoms with Gasteiger partial charge in [0, 0.05) is 17.4 Å². The lowest BCUT2D eigenvalue weighted by Gasteiger charge is -2.24. The quantitative estimate of drug-likeness (QED) is 0.233. The van der Waals surface area contributed by atoms with E-state index < -0.39 is 44.2 Å². The smallest absolute Gasteiger partial charge is 0.416 e. The number of ether oxygens (including phenoxy) is 1. The molecule has 9 nitrogen and oxygen atoms in total. The number of alkyl halides is 3. The number of amides is 1. The minimum atomic E-state index is -4.65. The Hall–Kier alpha value is -4.56. The lowest BCUT2D eigenvalue weighted by atomic mass is 10.2. The molecule has 0 aliphatic carbocycles. The Balaban J connectivity index is 1.53. The second-order valence-corrected chi connectivity index (χ2v) is 12.8. The highest BCUT2D eigenvalue weighted by molar-refractivity contribution is 7.93. The Morgan fingerprint density at radius 1 is 0.814 bits per heavy atom. The van der Waals surface area contributed by atoms with E-state index in [1.54, 1.807) is 24.3 Å². The van der Waals surface area contributed by atoms with Crippen molar-refractivity contribution in [2.24, 2.45) is 0 Å². The van der Waals surface area contributed by atoms with Crippen molar-refractivity contribution in [2.45, 2.75) is 22.9 Å². The van der Waals surface area contributed by atoms with Crippen LogP contribution in [0.1, 0.15) is 11.1 Å². The van der Waals surface area contributed by atoms with Gasteiger partial charge in [-0.2, -0.15) is 13.2 Å². The van der Waals surface area contributed by atoms with Crippen LogP contribution in [-0.2, 0) is 31.0 Å². The van der Waals surface area contributed by atoms with Gasteiger partial charge in [-0.05, 0) is 73.7 Å². The highest BCUT2D eigenvalue weighted by atomic mass is 32.2. The average Bonchev–Trinajstić information content (AvgIpc) is 2.96. The van der Waals surface area contributed by atoms with Gasteiger partial charge in [0.2, 0.25) is 5.91 Å². The average molecular weight is 634 g/mol. The van der Waals surface area contributed by atoms with E-state index in [-0.39, 0.29) is 26.9 Å². The zero-order chi connectivity index (χ0) is 31.4. The van der Waals surface area contributed by atoms with E-state index in [1.165, 1.54) is 49.6 Å². The van der Waals surface area contributed by atoms with E-state index >= 15 is 0 Å². The first kappa shape index (κ1) is 31.4. The van der Waals surface area contributed by atoms with E-state index in [2.05, 4.69) is 10.0 Å². The van der Waals surface area contributed by atoms with Crippen LogP contribution in [0.15, 0.2) is 107 Å². The molecule has 1 amide bonds. The summed E-state index contributed by atoms with van der Waals surface area (Å²) in [6.07, 6.45) is -4.65. The van der Waals surface area contributed by atoms with Crippen LogP contribution in [0.25, 0.3) is 0 Å². The fraction of sp³-hybridized carbons (Fsp3) is 0.138. The lowest BCUT2D eigenvalue weighted by Crippen LogP contribution is -2.38. The summed E-state index contributed by atoms with van der Waals surface area (Å²) in [6.45, 7) is 1.18. The van der Waals surface area contributed by atoms with Crippen LogP contribution in [0.4, 0.5) is 30.2 Å². The van der Waals surface area contributed by atoms with Crippen molar-refractivity contribution in [3.05, 3.63) is 108 Å². The van der Waals surface area contributed by atoms with Crippen LogP contribution in [-0.4, -0.2) is 36.4 Å². The number of nitrogens with one attached hydrogen (secondary N) is 2. The third-order valence-electron chi connectivity index (χ3n) is 6.13. The molecule has 0 aliphatic rings. The van der Waals surface area contributed by atoms with Crippen molar-refractivity contribution in [3.63, 3.8) is 0 Å². The number of halogens is 3. The summed E-state index contributed by atoms with van der Waals surface area (Å²) in [6, 6.07) is 20.9. The molecule has 0 radical (unpaired) electrons. The number of benzene rings is 4. The van der Waals surface area contributed by atoms with Crippen molar-refractivity contribution < 1.29 is 39.5 Å². The minimum Gasteiger partial charge on any atom is -0.497 e. The van der Waals surface area contributed by atoms with E-state index in [0.29, 0.717) is 11.8 Å². The predicted octanol–water partition coefficient (Wildman–Crippen LogP) is 5.66. The maximum atomic E-state index is 13.6. The molecule has 4 aromatic carbocycles. The standard InChI is InChI=1S/C29H26F3N3O6S2/c1-20-9-13-27(14-10-20)43(39,40)35(24-7-4-8-25(18-24)41-2)19-28(36)33-22-11-15-26(16-12-22)42(37,38)34-23-6-3-5-21(17-23)29(30,31)32/h3-18,34H,19H2,1-2H3,(H,33,36). The summed E-state index contributed by atoms with van der Waals surface area (Å²) < 4.78 is 99.9. The molecular weight excluding hydrogens is 607 g/mol. The molecule has 4 aromatic rings. The number of aryl methyl sites for hydroxylation is 1. The molecule has 0 saturated heterocycles. The number of methoxy groups -OCH3 is 1. The maximum absolute atomic E-state index is 13.6. The fourth-order valence-electron chi connectivity index (χ4n) is 3.94. The fourth-order valence-corrected chi connectivity index (χ4v) is 6.40. The summed E-state index contributed by atoms with van der Waals surface area (Å²) in [7, 11) is -7.04. The highest BCUT2D eigenvalue weighted by Crippen LogP contribution is 2.31. The Bertz CT molecular complexity index is 1830. The van der Waals surface area contributed by atoms with Gasteiger partial charge >= 0.3 is 6.18 Å². The number of carbonyl (C=O) groups excluding carboxylic acids is 1. The Morgan fingerprint density at radius 2 is 1.44 bits per heavy atom. The number of carbonyl (C=O) groups is 1. The van der Waals surface area contributed by atoms with Crippen molar-refractivity contribution in [1.82, 2.24) is 0 Å². The molecule has 0 atom stereocenters. The third kappa shape index (κ3) is 7.64. The Labute approximate surface area is 247 Å². The van der Waals surface area contributed by atoms with Gasteiger partial charge in [0.1, 0.15) is 12.3 Å². The number of nitrogens with zero attached hydrogens (tertiary/aromatic N) is 1. The zero-order valence-corrected chi connectivity index (χ0v) is 24.4. The number of hydrogen-bond donors (Lipinski definition) is 2. The van der Waals surface area contributed by atoms with Crippen LogP contribution in [0.5, 0.6) is 5.75 Å². The van der Waals surface area contributed by atoms with Gasteiger partial charge in [-0.25, -0.2) is 16.8 Å². The van der Waals surface area contributed by atoms with Gasteiger partial charge in [0.25, 0.3) is 20.0 Å². The first-order valence-corrected chi connectivity index (χ1v) is 15.4. The molecular formula is C29H26F3N3O6S2. The molecule has 2 N–H and O–H groups in total. The molecule has 0 fully saturated rings. The van der Waals surface area contributed by atoms with Crippen LogP contribution in [0, 0.1) is 6.92 Å². The number of sulfonamides is 2. The number of anilines is 3. The molecule has 226 valence electrons. The van der Waals surface area contributed by atoms with Gasteiger partial charge in [0.05, 0.1) is 28.2 Å². The van der Waals surface area contributed by atoms with E-state index in [0.717, 1.165) is 34.1 Å². The van der Waals surface area contributed by atoms with Crippen molar-refractivity contribution in [2.75, 3.05) is 28.0 Å².